The number of aryl methyl sites for hydroxylation is 1. The van der Waals surface area contributed by atoms with Gasteiger partial charge in [0.25, 0.3) is 0 Å². The number of hydrogen-bond acceptors (Lipinski definition) is 7. The van der Waals surface area contributed by atoms with Crippen LogP contribution in [-0.4, -0.2) is 38.3 Å². The number of benzene rings is 1. The summed E-state index contributed by atoms with van der Waals surface area (Å²) in [6, 6.07) is 6.39. The summed E-state index contributed by atoms with van der Waals surface area (Å²) < 4.78 is 34.9. The molecule has 2 rings (SSSR count). The number of ether oxygens (including phenoxy) is 1. The molecule has 2 aromatic rings. The summed E-state index contributed by atoms with van der Waals surface area (Å²) in [6.45, 7) is 3.46. The second kappa shape index (κ2) is 8.17. The summed E-state index contributed by atoms with van der Waals surface area (Å²) in [5.74, 6) is 0.405. The van der Waals surface area contributed by atoms with Gasteiger partial charge in [0.2, 0.25) is 5.89 Å². The predicted molar refractivity (Wildman–Crippen MR) is 97.4 cm³/mol. The van der Waals surface area contributed by atoms with Crippen LogP contribution < -0.4 is 5.32 Å². The molecule has 10 heteroatoms. The van der Waals surface area contributed by atoms with E-state index in [9.17, 15) is 13.2 Å². The molecule has 0 spiro atoms. The van der Waals surface area contributed by atoms with Gasteiger partial charge < -0.3 is 14.6 Å². The number of sulfone groups is 1. The molecule has 0 fully saturated rings. The number of nitrogens with one attached hydrogen (secondary N) is 1. The summed E-state index contributed by atoms with van der Waals surface area (Å²) in [5.41, 5.74) is 0. The van der Waals surface area contributed by atoms with E-state index in [1.165, 1.54) is 33.1 Å². The first-order chi connectivity index (χ1) is 12.2. The van der Waals surface area contributed by atoms with Crippen LogP contribution >= 0.6 is 15.9 Å². The molecule has 0 unspecified atom stereocenters. The number of alkyl carbamates (subject to hydrolysis) is 1. The quantitative estimate of drug-likeness (QED) is 0.651. The van der Waals surface area contributed by atoms with Gasteiger partial charge >= 0.3 is 6.09 Å². The smallest absolute Gasteiger partial charge is 0.406 e. The van der Waals surface area contributed by atoms with Crippen molar-refractivity contribution < 1.29 is 22.5 Å². The minimum atomic E-state index is -3.71. The molecule has 0 aliphatic carbocycles. The highest BCUT2D eigenvalue weighted by Crippen LogP contribution is 2.33. The van der Waals surface area contributed by atoms with Crippen molar-refractivity contribution in [2.24, 2.45) is 0 Å². The van der Waals surface area contributed by atoms with Crippen LogP contribution in [0.5, 0.6) is 0 Å². The Hall–Kier alpha value is -1.94. The summed E-state index contributed by atoms with van der Waals surface area (Å²) in [7, 11) is -2.43. The molecule has 142 valence electrons. The zero-order chi connectivity index (χ0) is 19.4. The van der Waals surface area contributed by atoms with Crippen molar-refractivity contribution in [1.29, 1.82) is 0 Å². The fraction of sp³-hybridized carbons (Fsp3) is 0.438. The highest BCUT2D eigenvalue weighted by molar-refractivity contribution is 9.10. The van der Waals surface area contributed by atoms with E-state index in [-0.39, 0.29) is 10.7 Å². The van der Waals surface area contributed by atoms with Gasteiger partial charge in [-0.25, -0.2) is 13.2 Å². The van der Waals surface area contributed by atoms with Gasteiger partial charge in [0.05, 0.1) is 12.0 Å². The van der Waals surface area contributed by atoms with Crippen molar-refractivity contribution in [3.8, 4) is 0 Å². The van der Waals surface area contributed by atoms with E-state index in [0.717, 1.165) is 4.47 Å². The third-order valence-corrected chi connectivity index (χ3v) is 6.77. The lowest BCUT2D eigenvalue weighted by Crippen LogP contribution is -2.30. The standard InChI is InChI=1S/C16H20BrN3O5S/c1-16(2,26(22,23)12-8-6-11(17)7-9-12)14-19-13(25-20-14)5-4-10-18-15(21)24-3/h6-9H,4-5,10H2,1-3H3,(H,18,21). The minimum absolute atomic E-state index is 0.0938. The highest BCUT2D eigenvalue weighted by atomic mass is 79.9. The summed E-state index contributed by atoms with van der Waals surface area (Å²) >= 11 is 3.29. The van der Waals surface area contributed by atoms with Gasteiger partial charge in [-0.15, -0.1) is 0 Å². The van der Waals surface area contributed by atoms with Gasteiger partial charge in [-0.05, 0) is 44.5 Å². The first-order valence-electron chi connectivity index (χ1n) is 7.83. The van der Waals surface area contributed by atoms with Gasteiger partial charge in [0, 0.05) is 17.4 Å². The van der Waals surface area contributed by atoms with Gasteiger partial charge in [-0.2, -0.15) is 4.98 Å². The van der Waals surface area contributed by atoms with Crippen molar-refractivity contribution >= 4 is 31.9 Å². The van der Waals surface area contributed by atoms with E-state index < -0.39 is 20.7 Å². The Balaban J connectivity index is 2.10. The summed E-state index contributed by atoms with van der Waals surface area (Å²) in [4.78, 5) is 15.4. The second-order valence-corrected chi connectivity index (χ2v) is 9.42. The zero-order valence-electron chi connectivity index (χ0n) is 14.7. The van der Waals surface area contributed by atoms with Crippen LogP contribution in [0.4, 0.5) is 4.79 Å². The number of methoxy groups -OCH3 is 1. The molecular formula is C16H20BrN3O5S. The number of halogens is 1. The fourth-order valence-corrected chi connectivity index (χ4v) is 3.80. The van der Waals surface area contributed by atoms with E-state index in [4.69, 9.17) is 4.52 Å². The van der Waals surface area contributed by atoms with Crippen LogP contribution in [0.1, 0.15) is 32.0 Å². The van der Waals surface area contributed by atoms with Crippen LogP contribution in [-0.2, 0) is 25.7 Å². The second-order valence-electron chi connectivity index (χ2n) is 6.00. The number of rotatable bonds is 7. The Bertz CT molecular complexity index is 862. The Morgan fingerprint density at radius 3 is 2.58 bits per heavy atom. The van der Waals surface area contributed by atoms with Crippen molar-refractivity contribution in [3.05, 3.63) is 40.5 Å². The first kappa shape index (κ1) is 20.4. The first-order valence-corrected chi connectivity index (χ1v) is 10.1. The number of carbonyl (C=O) groups is 1. The Labute approximate surface area is 160 Å². The van der Waals surface area contributed by atoms with Crippen LogP contribution in [0, 0.1) is 0 Å². The van der Waals surface area contributed by atoms with Crippen LogP contribution in [0.2, 0.25) is 0 Å². The maximum absolute atomic E-state index is 12.9. The molecule has 0 atom stereocenters. The van der Waals surface area contributed by atoms with Crippen molar-refractivity contribution in [1.82, 2.24) is 15.5 Å². The highest BCUT2D eigenvalue weighted by Gasteiger charge is 2.41. The van der Waals surface area contributed by atoms with Crippen LogP contribution in [0.25, 0.3) is 0 Å². The van der Waals surface area contributed by atoms with E-state index in [1.807, 2.05) is 0 Å². The molecule has 0 aliphatic rings. The van der Waals surface area contributed by atoms with Crippen molar-refractivity contribution in [3.63, 3.8) is 0 Å². The number of amides is 1. The van der Waals surface area contributed by atoms with Gasteiger partial charge in [0.1, 0.15) is 4.75 Å². The summed E-state index contributed by atoms with van der Waals surface area (Å²) in [6.07, 6.45) is 0.445. The molecule has 0 aliphatic heterocycles. The number of hydrogen-bond donors (Lipinski definition) is 1. The monoisotopic (exact) mass is 445 g/mol. The predicted octanol–water partition coefficient (Wildman–Crippen LogP) is 2.83. The number of carbonyl (C=O) groups excluding carboxylic acids is 1. The van der Waals surface area contributed by atoms with Crippen molar-refractivity contribution in [2.75, 3.05) is 13.7 Å². The Kier molecular flexibility index (Phi) is 6.40. The molecule has 26 heavy (non-hydrogen) atoms. The lowest BCUT2D eigenvalue weighted by atomic mass is 10.2. The number of nitrogens with zero attached hydrogens (tertiary/aromatic N) is 2. The fourth-order valence-electron chi connectivity index (χ4n) is 2.13. The lowest BCUT2D eigenvalue weighted by molar-refractivity contribution is 0.171. The molecule has 1 aromatic heterocycles. The average molecular weight is 446 g/mol. The molecule has 0 bridgehead atoms. The van der Waals surface area contributed by atoms with E-state index >= 15 is 0 Å². The van der Waals surface area contributed by atoms with Gasteiger partial charge in [-0.3, -0.25) is 0 Å². The van der Waals surface area contributed by atoms with E-state index in [0.29, 0.717) is 25.3 Å². The molecule has 0 saturated carbocycles. The lowest BCUT2D eigenvalue weighted by Gasteiger charge is -2.21. The van der Waals surface area contributed by atoms with Crippen LogP contribution in [0.3, 0.4) is 0 Å². The minimum Gasteiger partial charge on any atom is -0.453 e. The Morgan fingerprint density at radius 2 is 1.96 bits per heavy atom. The maximum Gasteiger partial charge on any atom is 0.406 e. The Morgan fingerprint density at radius 1 is 1.31 bits per heavy atom. The average Bonchev–Trinajstić information content (AvgIpc) is 3.08. The van der Waals surface area contributed by atoms with E-state index in [1.54, 1.807) is 12.1 Å². The maximum atomic E-state index is 12.9. The molecular weight excluding hydrogens is 426 g/mol. The topological polar surface area (TPSA) is 111 Å². The third kappa shape index (κ3) is 4.42. The zero-order valence-corrected chi connectivity index (χ0v) is 17.1. The molecule has 8 nitrogen and oxygen atoms in total. The van der Waals surface area contributed by atoms with Crippen LogP contribution in [0.15, 0.2) is 38.2 Å². The van der Waals surface area contributed by atoms with Gasteiger partial charge in [-0.1, -0.05) is 21.1 Å². The van der Waals surface area contributed by atoms with Gasteiger partial charge in [0.15, 0.2) is 15.7 Å². The number of aromatic nitrogens is 2. The summed E-state index contributed by atoms with van der Waals surface area (Å²) in [5, 5.41) is 6.38. The third-order valence-electron chi connectivity index (χ3n) is 3.82. The molecule has 1 N–H and O–H groups in total. The molecule has 1 heterocycles. The molecule has 1 aromatic carbocycles. The largest absolute Gasteiger partial charge is 0.453 e. The normalized spacial score (nSPS) is 12.0. The van der Waals surface area contributed by atoms with Crippen molar-refractivity contribution in [2.45, 2.75) is 36.3 Å². The molecule has 0 radical (unpaired) electrons. The van der Waals surface area contributed by atoms with E-state index in [2.05, 4.69) is 36.1 Å². The SMILES string of the molecule is COC(=O)NCCCc1nc(C(C)(C)S(=O)(=O)c2ccc(Br)cc2)no1. The molecule has 0 saturated heterocycles. The molecule has 1 amide bonds.